The molecular formula is C61H58N4O. The summed E-state index contributed by atoms with van der Waals surface area (Å²) < 4.78 is 82.0. The summed E-state index contributed by atoms with van der Waals surface area (Å²) in [6, 6.07) is 41.6. The third-order valence-electron chi connectivity index (χ3n) is 12.4. The van der Waals surface area contributed by atoms with Crippen LogP contribution in [0.3, 0.4) is 0 Å². The number of aromatic nitrogens is 4. The first kappa shape index (κ1) is 34.2. The Bertz CT molecular complexity index is 3850. The van der Waals surface area contributed by atoms with Gasteiger partial charge in [0.2, 0.25) is 0 Å². The van der Waals surface area contributed by atoms with Gasteiger partial charge in [-0.15, -0.1) is 0 Å². The number of imidazole rings is 1. The second kappa shape index (κ2) is 16.0. The number of para-hydroxylation sites is 1. The van der Waals surface area contributed by atoms with E-state index in [9.17, 15) is 0 Å². The third kappa shape index (κ3) is 7.87. The van der Waals surface area contributed by atoms with Gasteiger partial charge in [0.1, 0.15) is 17.3 Å². The van der Waals surface area contributed by atoms with Crippen LogP contribution >= 0.6 is 0 Å². The van der Waals surface area contributed by atoms with Crippen LogP contribution in [-0.4, -0.2) is 14.1 Å². The zero-order valence-electron chi connectivity index (χ0n) is 47.0. The van der Waals surface area contributed by atoms with E-state index < -0.39 is 30.4 Å². The Morgan fingerprint density at radius 1 is 0.591 bits per heavy atom. The second-order valence-corrected chi connectivity index (χ2v) is 20.3. The zero-order chi connectivity index (χ0) is 53.0. The molecule has 10 aromatic rings. The molecule has 3 heterocycles. The third-order valence-corrected chi connectivity index (χ3v) is 12.4. The number of hydrogen-bond acceptors (Lipinski definition) is 2. The molecule has 5 heteroatoms. The van der Waals surface area contributed by atoms with E-state index in [1.54, 1.807) is 18.2 Å². The molecule has 0 aliphatic heterocycles. The number of fused-ring (bicyclic) bond motifs is 4. The van der Waals surface area contributed by atoms with Gasteiger partial charge in [0.15, 0.2) is 0 Å². The highest BCUT2D eigenvalue weighted by Gasteiger charge is 2.27. The highest BCUT2D eigenvalue weighted by molar-refractivity contribution is 6.09. The van der Waals surface area contributed by atoms with Gasteiger partial charge in [-0.3, -0.25) is 13.7 Å². The molecule has 0 aliphatic rings. The molecule has 0 saturated heterocycles. The number of aryl methyl sites for hydroxylation is 1. The van der Waals surface area contributed by atoms with Crippen molar-refractivity contribution in [2.24, 2.45) is 0 Å². The molecule has 0 spiro atoms. The van der Waals surface area contributed by atoms with Gasteiger partial charge in [0.25, 0.3) is 6.33 Å². The van der Waals surface area contributed by atoms with E-state index in [1.165, 1.54) is 5.56 Å². The van der Waals surface area contributed by atoms with Gasteiger partial charge in [-0.2, -0.15) is 0 Å². The molecule has 3 aromatic heterocycles. The van der Waals surface area contributed by atoms with Crippen LogP contribution in [0, 0.1) is 13.2 Å². The Labute approximate surface area is 400 Å². The van der Waals surface area contributed by atoms with E-state index in [4.69, 9.17) is 20.7 Å². The summed E-state index contributed by atoms with van der Waals surface area (Å²) in [5.74, 6) is 1.96. The maximum Gasteiger partial charge on any atom is 0.269 e. The summed E-state index contributed by atoms with van der Waals surface area (Å²) in [6.07, 6.45) is 5.55. The summed E-state index contributed by atoms with van der Waals surface area (Å²) >= 11 is 0. The summed E-state index contributed by atoms with van der Waals surface area (Å²) in [5.41, 5.74) is 9.06. The first-order valence-electron chi connectivity index (χ1n) is 26.5. The zero-order valence-corrected chi connectivity index (χ0v) is 39.0. The smallest absolute Gasteiger partial charge is 0.269 e. The molecular weight excluding hydrogens is 805 g/mol. The fraction of sp³-hybridized carbons (Fsp3) is 0.213. The summed E-state index contributed by atoms with van der Waals surface area (Å²) in [5, 5.41) is 2.15. The van der Waals surface area contributed by atoms with E-state index >= 15 is 0 Å². The van der Waals surface area contributed by atoms with E-state index in [0.717, 1.165) is 50.0 Å². The molecule has 10 rings (SSSR count). The molecule has 0 amide bonds. The van der Waals surface area contributed by atoms with Gasteiger partial charge in [0.05, 0.1) is 40.3 Å². The molecule has 0 saturated carbocycles. The molecule has 328 valence electrons. The van der Waals surface area contributed by atoms with Crippen molar-refractivity contribution < 1.29 is 20.3 Å². The number of ether oxygens (including phenoxy) is 1. The van der Waals surface area contributed by atoms with Crippen LogP contribution in [-0.2, 0) is 16.2 Å². The number of benzene rings is 7. The number of nitrogens with zero attached hydrogens (tertiary/aromatic N) is 4. The van der Waals surface area contributed by atoms with Gasteiger partial charge in [-0.25, -0.2) is 4.98 Å². The van der Waals surface area contributed by atoms with Crippen molar-refractivity contribution in [3.8, 4) is 50.9 Å². The van der Waals surface area contributed by atoms with Crippen molar-refractivity contribution in [1.82, 2.24) is 14.1 Å². The van der Waals surface area contributed by atoms with Crippen LogP contribution in [0.5, 0.6) is 11.5 Å². The lowest BCUT2D eigenvalue weighted by molar-refractivity contribution is -0.572. The van der Waals surface area contributed by atoms with Crippen LogP contribution in [0.1, 0.15) is 95.5 Å². The molecule has 0 unspecified atom stereocenters. The molecule has 0 N–H and O–H groups in total. The molecule has 66 heavy (non-hydrogen) atoms. The predicted octanol–water partition coefficient (Wildman–Crippen LogP) is 15.5. The van der Waals surface area contributed by atoms with Crippen LogP contribution in [0.25, 0.3) is 72.3 Å². The van der Waals surface area contributed by atoms with Crippen LogP contribution in [0.2, 0.25) is 0 Å². The largest absolute Gasteiger partial charge is 0.458 e. The Balaban J connectivity index is 1.20. The van der Waals surface area contributed by atoms with E-state index in [0.29, 0.717) is 39.3 Å². The quantitative estimate of drug-likeness (QED) is 0.118. The fourth-order valence-corrected chi connectivity index (χ4v) is 8.93. The van der Waals surface area contributed by atoms with Gasteiger partial charge < -0.3 is 4.74 Å². The second-order valence-electron chi connectivity index (χ2n) is 20.3. The van der Waals surface area contributed by atoms with E-state index in [-0.39, 0.29) is 34.0 Å². The maximum absolute atomic E-state index is 8.94. The first-order chi connectivity index (χ1) is 34.8. The summed E-state index contributed by atoms with van der Waals surface area (Å²) in [4.78, 5) is 4.86. The Morgan fingerprint density at radius 3 is 2.11 bits per heavy atom. The number of hydrogen-bond donors (Lipinski definition) is 0. The molecule has 5 nitrogen and oxygen atoms in total. The average molecular weight is 871 g/mol. The Morgan fingerprint density at radius 2 is 1.33 bits per heavy atom. The summed E-state index contributed by atoms with van der Waals surface area (Å²) in [6.45, 7) is 16.8. The lowest BCUT2D eigenvalue weighted by Gasteiger charge is -2.27. The van der Waals surface area contributed by atoms with Crippen molar-refractivity contribution in [2.75, 3.05) is 0 Å². The molecule has 0 bridgehead atoms. The first-order valence-corrected chi connectivity index (χ1v) is 22.5. The Hall–Kier alpha value is -7.24. The molecule has 0 atom stereocenters. The minimum absolute atomic E-state index is 0.0690. The minimum atomic E-state index is -2.41. The van der Waals surface area contributed by atoms with Crippen molar-refractivity contribution in [3.05, 3.63) is 198 Å². The van der Waals surface area contributed by atoms with Gasteiger partial charge in [-0.1, -0.05) is 171 Å². The van der Waals surface area contributed by atoms with Crippen molar-refractivity contribution >= 4 is 32.8 Å². The standard InChI is InChI=1S/C61H58N4O/c1-40-32-51(43-20-16-21-44(34-43)59(2,3)4)58(52(33-40)61(8,9)10)64-39-63(56-35-42(26-29-54(56)64)41-18-12-11-13-19-41)46-22-17-23-47(37-46)66-48-27-28-50-49-24-14-15-25-53(49)65(55(50)38-48)57-36-45(30-31-62-57)60(5,6)7/h11-38H,1-10H3/i1D3,11D,12D,13D,18D,19D. The predicted molar refractivity (Wildman–Crippen MR) is 274 cm³/mol. The van der Waals surface area contributed by atoms with Crippen LogP contribution < -0.4 is 9.30 Å². The molecule has 7 aromatic carbocycles. The van der Waals surface area contributed by atoms with Crippen molar-refractivity contribution in [1.29, 1.82) is 0 Å². The van der Waals surface area contributed by atoms with Gasteiger partial charge >= 0.3 is 0 Å². The topological polar surface area (TPSA) is 35.9 Å². The van der Waals surface area contributed by atoms with E-state index in [2.05, 4.69) is 116 Å². The van der Waals surface area contributed by atoms with Crippen molar-refractivity contribution in [2.45, 2.75) is 85.4 Å². The highest BCUT2D eigenvalue weighted by atomic mass is 16.5. The van der Waals surface area contributed by atoms with Gasteiger partial charge in [0, 0.05) is 27.1 Å². The molecule has 0 fully saturated rings. The highest BCUT2D eigenvalue weighted by Crippen LogP contribution is 2.40. The lowest BCUT2D eigenvalue weighted by Crippen LogP contribution is -2.35. The van der Waals surface area contributed by atoms with Crippen LogP contribution in [0.15, 0.2) is 170 Å². The number of pyridine rings is 1. The molecule has 0 radical (unpaired) electrons. The lowest BCUT2D eigenvalue weighted by atomic mass is 9.81. The normalized spacial score (nSPS) is 14.3. The summed E-state index contributed by atoms with van der Waals surface area (Å²) in [7, 11) is 0. The fourth-order valence-electron chi connectivity index (χ4n) is 8.93. The van der Waals surface area contributed by atoms with Crippen molar-refractivity contribution in [3.63, 3.8) is 0 Å². The monoisotopic (exact) mass is 871 g/mol. The minimum Gasteiger partial charge on any atom is -0.458 e. The number of rotatable bonds is 7. The van der Waals surface area contributed by atoms with Gasteiger partial charge in [-0.05, 0) is 117 Å². The average Bonchev–Trinajstić information content (AvgIpc) is 3.89. The molecule has 0 aliphatic carbocycles. The van der Waals surface area contributed by atoms with E-state index in [1.807, 2.05) is 88.1 Å². The maximum atomic E-state index is 8.94. The Kier molecular flexibility index (Phi) is 8.29. The SMILES string of the molecule is [2H]c1c([2H])c([2H])c(-c2ccc3c(c2)n(-c2cccc(Oc4ccc5c6ccccc6n(-c6cc(C(C)(C)C)ccn6)c5c4)c2)[c-][n+]3-c2c(-c3cccc(C(C)(C)C)c3)cc(C([2H])([2H])[2H])cc2C(C)(C)C)c([2H])c1[2H]. The van der Waals surface area contributed by atoms with Crippen LogP contribution in [0.4, 0.5) is 0 Å².